The summed E-state index contributed by atoms with van der Waals surface area (Å²) in [6.45, 7) is 6.53. The van der Waals surface area contributed by atoms with E-state index in [0.717, 1.165) is 42.5 Å². The fourth-order valence-corrected chi connectivity index (χ4v) is 2.06. The number of nitro groups is 2. The molecule has 30 heavy (non-hydrogen) atoms. The highest BCUT2D eigenvalue weighted by molar-refractivity contribution is 6.07. The second kappa shape index (κ2) is 12.4. The van der Waals surface area contributed by atoms with Crippen molar-refractivity contribution in [2.45, 2.75) is 21.0 Å². The summed E-state index contributed by atoms with van der Waals surface area (Å²) < 4.78 is 0. The Morgan fingerprint density at radius 1 is 0.933 bits per heavy atom. The zero-order valence-corrected chi connectivity index (χ0v) is 14.4. The first-order valence-corrected chi connectivity index (χ1v) is 7.54. The van der Waals surface area contributed by atoms with E-state index in [1.54, 1.807) is 0 Å². The smallest absolute Gasteiger partial charge is 0.280 e. The first-order valence-electron chi connectivity index (χ1n) is 7.54. The molecule has 0 amide bonds. The quantitative estimate of drug-likeness (QED) is 0.203. The summed E-state index contributed by atoms with van der Waals surface area (Å²) in [5.74, 6) is -0.917. The highest BCUT2D eigenvalue weighted by Gasteiger charge is 2.19. The Balaban J connectivity index is 0. The Morgan fingerprint density at radius 2 is 1.40 bits per heavy atom. The van der Waals surface area contributed by atoms with Crippen LogP contribution in [-0.2, 0) is 0 Å². The van der Waals surface area contributed by atoms with Crippen molar-refractivity contribution in [2.75, 3.05) is 0 Å². The van der Waals surface area contributed by atoms with Gasteiger partial charge in [-0.05, 0) is 30.3 Å². The Labute approximate surface area is 173 Å². The van der Waals surface area contributed by atoms with Gasteiger partial charge < -0.3 is 15.3 Å². The fraction of sp³-hybridized carbons (Fsp3) is 0.150. The summed E-state index contributed by atoms with van der Waals surface area (Å²) in [5, 5.41) is 48.5. The number of carbonyl (C=O) groups is 1. The predicted octanol–water partition coefficient (Wildman–Crippen LogP) is 4.46. The van der Waals surface area contributed by atoms with Crippen molar-refractivity contribution >= 4 is 17.2 Å². The van der Waals surface area contributed by atoms with Crippen molar-refractivity contribution in [3.05, 3.63) is 93.1 Å². The summed E-state index contributed by atoms with van der Waals surface area (Å²) in [4.78, 5) is 30.9. The number of rotatable bonds is 6. The average molecular weight is 420 g/mol. The largest absolute Gasteiger partial charge is 0.508 e. The second-order valence-corrected chi connectivity index (χ2v) is 5.21. The maximum absolute atomic E-state index is 11.2. The maximum atomic E-state index is 11.2. The fourth-order valence-electron chi connectivity index (χ4n) is 2.06. The van der Waals surface area contributed by atoms with Crippen molar-refractivity contribution in [3.8, 4) is 11.5 Å². The van der Waals surface area contributed by atoms with E-state index in [9.17, 15) is 30.1 Å². The van der Waals surface area contributed by atoms with Crippen LogP contribution in [0.2, 0.25) is 0 Å². The van der Waals surface area contributed by atoms with Gasteiger partial charge in [-0.2, -0.15) is 0 Å². The number of hydrogen-bond donors (Lipinski definition) is 3. The van der Waals surface area contributed by atoms with E-state index in [4.69, 9.17) is 10.2 Å². The van der Waals surface area contributed by atoms with E-state index in [1.807, 2.05) is 0 Å². The van der Waals surface area contributed by atoms with Gasteiger partial charge in [0.2, 0.25) is 0 Å². The minimum absolute atomic E-state index is 0. The third-order valence-electron chi connectivity index (χ3n) is 3.38. The van der Waals surface area contributed by atoms with E-state index < -0.39 is 21.7 Å². The molecule has 0 saturated carbocycles. The number of aliphatic hydroxyl groups excluding tert-OH is 1. The number of nitro benzene ring substituents is 2. The van der Waals surface area contributed by atoms with E-state index in [-0.39, 0.29) is 48.9 Å². The van der Waals surface area contributed by atoms with Gasteiger partial charge in [-0.25, -0.2) is 0 Å². The van der Waals surface area contributed by atoms with Crippen LogP contribution in [-0.4, -0.2) is 30.9 Å². The SMILES string of the molecule is C.C.C=CC(=O)c1cc(O)ccc1[N+](=O)[O-].C=CC(O)c1cc(O)ccc1[N+](=O)[O-]. The van der Waals surface area contributed by atoms with Crippen molar-refractivity contribution in [1.29, 1.82) is 0 Å². The number of hydrogen-bond acceptors (Lipinski definition) is 8. The molecule has 0 spiro atoms. The lowest BCUT2D eigenvalue weighted by Crippen LogP contribution is -2.00. The van der Waals surface area contributed by atoms with Gasteiger partial charge in [0.15, 0.2) is 5.78 Å². The number of phenols is 2. The number of benzene rings is 2. The standard InChI is InChI=1S/C9H9NO4.C9H7NO4.2CH4/c2*1-2-9(12)7-5-6(11)3-4-8(7)10(13)14;;/h2-5,9,11-12H,1H2;2-5,11H,1H2;2*1H4. The molecule has 2 aromatic carbocycles. The van der Waals surface area contributed by atoms with Gasteiger partial charge >= 0.3 is 0 Å². The zero-order chi connectivity index (χ0) is 21.4. The molecule has 0 radical (unpaired) electrons. The summed E-state index contributed by atoms with van der Waals surface area (Å²) in [7, 11) is 0. The molecule has 0 bridgehead atoms. The molecular weight excluding hydrogens is 396 g/mol. The number of allylic oxidation sites excluding steroid dienone is 1. The molecule has 10 nitrogen and oxygen atoms in total. The maximum Gasteiger partial charge on any atom is 0.280 e. The van der Waals surface area contributed by atoms with Crippen LogP contribution in [0, 0.1) is 20.2 Å². The van der Waals surface area contributed by atoms with Crippen LogP contribution in [0.1, 0.15) is 36.9 Å². The normalized spacial score (nSPS) is 10.0. The van der Waals surface area contributed by atoms with Crippen molar-refractivity contribution in [2.24, 2.45) is 0 Å². The molecule has 0 heterocycles. The molecular formula is C20H24N2O8. The van der Waals surface area contributed by atoms with Crippen LogP contribution in [0.3, 0.4) is 0 Å². The predicted molar refractivity (Wildman–Crippen MR) is 113 cm³/mol. The molecule has 0 aliphatic rings. The molecule has 0 aromatic heterocycles. The van der Waals surface area contributed by atoms with Crippen LogP contribution in [0.25, 0.3) is 0 Å². The van der Waals surface area contributed by atoms with Crippen molar-refractivity contribution in [1.82, 2.24) is 0 Å². The van der Waals surface area contributed by atoms with Crippen LogP contribution in [0.15, 0.2) is 61.7 Å². The van der Waals surface area contributed by atoms with Crippen LogP contribution >= 0.6 is 0 Å². The summed E-state index contributed by atoms with van der Waals surface area (Å²) in [5.41, 5.74) is -0.710. The van der Waals surface area contributed by atoms with Crippen LogP contribution < -0.4 is 0 Å². The van der Waals surface area contributed by atoms with Gasteiger partial charge in [0, 0.05) is 12.1 Å². The van der Waals surface area contributed by atoms with Gasteiger partial charge in [0.1, 0.15) is 23.2 Å². The second-order valence-electron chi connectivity index (χ2n) is 5.21. The Kier molecular flexibility index (Phi) is 11.7. The Morgan fingerprint density at radius 3 is 1.83 bits per heavy atom. The van der Waals surface area contributed by atoms with Crippen LogP contribution in [0.4, 0.5) is 11.4 Å². The molecule has 3 N–H and O–H groups in total. The summed E-state index contributed by atoms with van der Waals surface area (Å²) in [6, 6.07) is 6.74. The topological polar surface area (TPSA) is 164 Å². The highest BCUT2D eigenvalue weighted by atomic mass is 16.6. The third-order valence-corrected chi connectivity index (χ3v) is 3.38. The molecule has 162 valence electrons. The van der Waals surface area contributed by atoms with E-state index in [2.05, 4.69) is 13.2 Å². The number of nitrogens with zero attached hydrogens (tertiary/aromatic N) is 2. The lowest BCUT2D eigenvalue weighted by molar-refractivity contribution is -0.386. The monoisotopic (exact) mass is 420 g/mol. The molecule has 0 aliphatic heterocycles. The lowest BCUT2D eigenvalue weighted by Gasteiger charge is -2.06. The van der Waals surface area contributed by atoms with Crippen LogP contribution in [0.5, 0.6) is 11.5 Å². The highest BCUT2D eigenvalue weighted by Crippen LogP contribution is 2.29. The number of ketones is 1. The molecule has 0 saturated heterocycles. The molecule has 0 fully saturated rings. The van der Waals surface area contributed by atoms with Crippen molar-refractivity contribution in [3.63, 3.8) is 0 Å². The van der Waals surface area contributed by atoms with Gasteiger partial charge in [-0.1, -0.05) is 27.5 Å². The number of aromatic hydroxyl groups is 2. The minimum atomic E-state index is -1.15. The lowest BCUT2D eigenvalue weighted by atomic mass is 10.1. The minimum Gasteiger partial charge on any atom is -0.508 e. The van der Waals surface area contributed by atoms with Crippen molar-refractivity contribution < 1.29 is 30.0 Å². The average Bonchev–Trinajstić information content (AvgIpc) is 2.66. The Bertz CT molecular complexity index is 940. The van der Waals surface area contributed by atoms with Gasteiger partial charge in [0.25, 0.3) is 11.4 Å². The molecule has 10 heteroatoms. The van der Waals surface area contributed by atoms with E-state index in [1.165, 1.54) is 6.07 Å². The number of carbonyl (C=O) groups excluding carboxylic acids is 1. The summed E-state index contributed by atoms with van der Waals surface area (Å²) in [6.07, 6.45) is 0.964. The molecule has 2 aromatic rings. The van der Waals surface area contributed by atoms with E-state index >= 15 is 0 Å². The molecule has 2 rings (SSSR count). The first-order chi connectivity index (χ1) is 13.1. The number of phenolic OH excluding ortho intramolecular Hbond substituents is 2. The third kappa shape index (κ3) is 7.17. The summed E-state index contributed by atoms with van der Waals surface area (Å²) >= 11 is 0. The molecule has 1 unspecified atom stereocenters. The molecule has 1 atom stereocenters. The zero-order valence-electron chi connectivity index (χ0n) is 14.4. The van der Waals surface area contributed by atoms with E-state index in [0.29, 0.717) is 0 Å². The Hall–Kier alpha value is -4.05. The molecule has 0 aliphatic carbocycles. The first kappa shape index (κ1) is 28.2. The van der Waals surface area contributed by atoms with Gasteiger partial charge in [-0.3, -0.25) is 25.0 Å². The van der Waals surface area contributed by atoms with Gasteiger partial charge in [-0.15, -0.1) is 6.58 Å². The number of aliphatic hydroxyl groups is 1. The van der Waals surface area contributed by atoms with Gasteiger partial charge in [0.05, 0.1) is 15.4 Å².